The highest BCUT2D eigenvalue weighted by atomic mass is 19.1. The lowest BCUT2D eigenvalue weighted by atomic mass is 10.2. The summed E-state index contributed by atoms with van der Waals surface area (Å²) in [5, 5.41) is 10.8. The molecular formula is C16H12FN7O. The average molecular weight is 337 g/mol. The van der Waals surface area contributed by atoms with Crippen molar-refractivity contribution in [2.24, 2.45) is 0 Å². The Balaban J connectivity index is 1.51. The molecule has 0 spiro atoms. The third-order valence-electron chi connectivity index (χ3n) is 3.58. The van der Waals surface area contributed by atoms with Crippen LogP contribution in [0, 0.1) is 5.82 Å². The molecular weight excluding hydrogens is 325 g/mol. The molecule has 25 heavy (non-hydrogen) atoms. The Kier molecular flexibility index (Phi) is 3.65. The molecule has 1 amide bonds. The van der Waals surface area contributed by atoms with Crippen molar-refractivity contribution in [2.75, 3.05) is 5.32 Å². The summed E-state index contributed by atoms with van der Waals surface area (Å²) in [6, 6.07) is 8.13. The number of benzene rings is 1. The number of rotatable bonds is 4. The van der Waals surface area contributed by atoms with Crippen molar-refractivity contribution in [3.8, 4) is 0 Å². The number of aromatic nitrogens is 6. The van der Waals surface area contributed by atoms with E-state index in [1.807, 2.05) is 0 Å². The Morgan fingerprint density at radius 2 is 2.08 bits per heavy atom. The highest BCUT2D eigenvalue weighted by Crippen LogP contribution is 2.11. The molecule has 1 aromatic carbocycles. The first-order valence-corrected chi connectivity index (χ1v) is 7.43. The molecule has 0 bridgehead atoms. The molecule has 0 unspecified atom stereocenters. The van der Waals surface area contributed by atoms with E-state index >= 15 is 0 Å². The highest BCUT2D eigenvalue weighted by Gasteiger charge is 2.15. The molecule has 0 aliphatic rings. The van der Waals surface area contributed by atoms with Crippen LogP contribution in [-0.4, -0.2) is 35.3 Å². The zero-order chi connectivity index (χ0) is 17.2. The number of hydrogen-bond acceptors (Lipinski definition) is 5. The number of halogens is 1. The van der Waals surface area contributed by atoms with E-state index in [0.29, 0.717) is 16.8 Å². The maximum absolute atomic E-state index is 13.7. The van der Waals surface area contributed by atoms with Crippen molar-refractivity contribution in [1.29, 1.82) is 0 Å². The van der Waals surface area contributed by atoms with Gasteiger partial charge in [0.25, 0.3) is 5.91 Å². The lowest BCUT2D eigenvalue weighted by Crippen LogP contribution is -2.13. The Labute approximate surface area is 141 Å². The van der Waals surface area contributed by atoms with Crippen LogP contribution in [0.15, 0.2) is 55.2 Å². The lowest BCUT2D eigenvalue weighted by Gasteiger charge is -2.02. The number of anilines is 1. The van der Waals surface area contributed by atoms with E-state index in [2.05, 4.69) is 25.5 Å². The first kappa shape index (κ1) is 14.9. The van der Waals surface area contributed by atoms with E-state index in [4.69, 9.17) is 0 Å². The minimum absolute atomic E-state index is 0.122. The Morgan fingerprint density at radius 3 is 2.96 bits per heavy atom. The summed E-state index contributed by atoms with van der Waals surface area (Å²) < 4.78 is 16.6. The molecule has 9 heteroatoms. The molecule has 0 aliphatic carbocycles. The first-order chi connectivity index (χ1) is 12.2. The van der Waals surface area contributed by atoms with Gasteiger partial charge < -0.3 is 0 Å². The fourth-order valence-corrected chi connectivity index (χ4v) is 2.39. The molecule has 1 N–H and O–H groups in total. The summed E-state index contributed by atoms with van der Waals surface area (Å²) in [5.74, 6) is -0.616. The molecule has 3 heterocycles. The van der Waals surface area contributed by atoms with E-state index in [1.165, 1.54) is 27.8 Å². The smallest absolute Gasteiger partial charge is 0.263 e. The van der Waals surface area contributed by atoms with Crippen LogP contribution in [0.25, 0.3) is 5.65 Å². The fourth-order valence-electron chi connectivity index (χ4n) is 2.39. The summed E-state index contributed by atoms with van der Waals surface area (Å²) in [6.07, 6.45) is 6.13. The van der Waals surface area contributed by atoms with E-state index < -0.39 is 5.91 Å². The van der Waals surface area contributed by atoms with Crippen LogP contribution in [0.5, 0.6) is 0 Å². The number of fused-ring (bicyclic) bond motifs is 1. The van der Waals surface area contributed by atoms with Gasteiger partial charge in [0.05, 0.1) is 12.7 Å². The van der Waals surface area contributed by atoms with Gasteiger partial charge in [-0.25, -0.2) is 23.6 Å². The fraction of sp³-hybridized carbons (Fsp3) is 0.0625. The van der Waals surface area contributed by atoms with Crippen molar-refractivity contribution >= 4 is 17.5 Å². The molecule has 0 fully saturated rings. The minimum Gasteiger partial charge on any atom is -0.289 e. The monoisotopic (exact) mass is 337 g/mol. The van der Waals surface area contributed by atoms with Gasteiger partial charge in [0.15, 0.2) is 5.65 Å². The quantitative estimate of drug-likeness (QED) is 0.613. The van der Waals surface area contributed by atoms with Crippen molar-refractivity contribution in [3.63, 3.8) is 0 Å². The van der Waals surface area contributed by atoms with Gasteiger partial charge in [-0.2, -0.15) is 5.10 Å². The molecule has 0 atom stereocenters. The molecule has 4 rings (SSSR count). The van der Waals surface area contributed by atoms with Crippen LogP contribution in [0.2, 0.25) is 0 Å². The van der Waals surface area contributed by atoms with Gasteiger partial charge in [-0.1, -0.05) is 18.2 Å². The van der Waals surface area contributed by atoms with Crippen LogP contribution >= 0.6 is 0 Å². The minimum atomic E-state index is -0.419. The van der Waals surface area contributed by atoms with E-state index in [-0.39, 0.29) is 18.3 Å². The lowest BCUT2D eigenvalue weighted by molar-refractivity contribution is 0.102. The SMILES string of the molecule is O=C(Nc1ncn(Cc2ccccc2F)n1)c1cnn2cccnc12. The molecule has 8 nitrogen and oxygen atoms in total. The first-order valence-electron chi connectivity index (χ1n) is 7.43. The molecule has 4 aromatic rings. The predicted molar refractivity (Wildman–Crippen MR) is 86.5 cm³/mol. The predicted octanol–water partition coefficient (Wildman–Crippen LogP) is 1.76. The Hall–Kier alpha value is -3.62. The van der Waals surface area contributed by atoms with Crippen molar-refractivity contribution in [2.45, 2.75) is 6.54 Å². The number of carbonyl (C=O) groups is 1. The molecule has 0 radical (unpaired) electrons. The average Bonchev–Trinajstić information content (AvgIpc) is 3.23. The molecule has 0 aliphatic heterocycles. The molecule has 0 saturated heterocycles. The maximum Gasteiger partial charge on any atom is 0.263 e. The summed E-state index contributed by atoms with van der Waals surface area (Å²) >= 11 is 0. The van der Waals surface area contributed by atoms with Gasteiger partial charge in [0.2, 0.25) is 5.95 Å². The van der Waals surface area contributed by atoms with Crippen molar-refractivity contribution < 1.29 is 9.18 Å². The van der Waals surface area contributed by atoms with Crippen LogP contribution < -0.4 is 5.32 Å². The van der Waals surface area contributed by atoms with Gasteiger partial charge >= 0.3 is 0 Å². The Bertz CT molecular complexity index is 1060. The second-order valence-electron chi connectivity index (χ2n) is 5.26. The number of carbonyl (C=O) groups excluding carboxylic acids is 1. The third-order valence-corrected chi connectivity index (χ3v) is 3.58. The topological polar surface area (TPSA) is 90.0 Å². The van der Waals surface area contributed by atoms with Gasteiger partial charge in [-0.05, 0) is 12.1 Å². The van der Waals surface area contributed by atoms with Crippen molar-refractivity contribution in [1.82, 2.24) is 29.4 Å². The second-order valence-corrected chi connectivity index (χ2v) is 5.26. The number of nitrogens with zero attached hydrogens (tertiary/aromatic N) is 6. The third kappa shape index (κ3) is 2.94. The summed E-state index contributed by atoms with van der Waals surface area (Å²) in [6.45, 7) is 0.216. The van der Waals surface area contributed by atoms with Crippen LogP contribution in [0.4, 0.5) is 10.3 Å². The molecule has 0 saturated carbocycles. The molecule has 124 valence electrons. The van der Waals surface area contributed by atoms with E-state index in [1.54, 1.807) is 36.7 Å². The van der Waals surface area contributed by atoms with Crippen LogP contribution in [0.3, 0.4) is 0 Å². The summed E-state index contributed by atoms with van der Waals surface area (Å²) in [5.41, 5.74) is 1.23. The number of nitrogens with one attached hydrogen (secondary N) is 1. The zero-order valence-electron chi connectivity index (χ0n) is 12.9. The van der Waals surface area contributed by atoms with Crippen molar-refractivity contribution in [3.05, 3.63) is 72.2 Å². The van der Waals surface area contributed by atoms with Crippen LogP contribution in [-0.2, 0) is 6.54 Å². The largest absolute Gasteiger partial charge is 0.289 e. The van der Waals surface area contributed by atoms with Crippen LogP contribution in [0.1, 0.15) is 15.9 Å². The maximum atomic E-state index is 13.7. The second kappa shape index (κ2) is 6.11. The van der Waals surface area contributed by atoms with E-state index in [0.717, 1.165) is 0 Å². The zero-order valence-corrected chi connectivity index (χ0v) is 12.9. The Morgan fingerprint density at radius 1 is 1.20 bits per heavy atom. The normalized spacial score (nSPS) is 10.9. The summed E-state index contributed by atoms with van der Waals surface area (Å²) in [7, 11) is 0. The standard InChI is InChI=1S/C16H12FN7O/c17-13-5-2-1-4-11(13)9-23-10-19-16(22-23)21-15(25)12-8-20-24-7-3-6-18-14(12)24/h1-8,10H,9H2,(H,21,22,25). The highest BCUT2D eigenvalue weighted by molar-refractivity contribution is 6.07. The van der Waals surface area contributed by atoms with Gasteiger partial charge in [-0.3, -0.25) is 10.1 Å². The summed E-state index contributed by atoms with van der Waals surface area (Å²) in [4.78, 5) is 20.5. The van der Waals surface area contributed by atoms with E-state index in [9.17, 15) is 9.18 Å². The van der Waals surface area contributed by atoms with Gasteiger partial charge in [0, 0.05) is 18.0 Å². The number of hydrogen-bond donors (Lipinski definition) is 1. The molecule has 3 aromatic heterocycles. The van der Waals surface area contributed by atoms with Gasteiger partial charge in [-0.15, -0.1) is 5.10 Å². The van der Waals surface area contributed by atoms with Gasteiger partial charge in [0.1, 0.15) is 17.7 Å². The number of amides is 1.